The third-order valence-corrected chi connectivity index (χ3v) is 4.75. The number of pyridine rings is 1. The van der Waals surface area contributed by atoms with Crippen LogP contribution < -0.4 is 11.1 Å². The van der Waals surface area contributed by atoms with Gasteiger partial charge in [0.05, 0.1) is 16.9 Å². The van der Waals surface area contributed by atoms with Crippen LogP contribution in [-0.4, -0.2) is 15.3 Å². The molecule has 25 heavy (non-hydrogen) atoms. The maximum Gasteiger partial charge on any atom is 0.250 e. The van der Waals surface area contributed by atoms with Gasteiger partial charge < -0.3 is 15.5 Å². The number of rotatable bonds is 5. The molecule has 2 heterocycles. The van der Waals surface area contributed by atoms with Gasteiger partial charge in [-0.05, 0) is 44.4 Å². The molecule has 0 fully saturated rings. The summed E-state index contributed by atoms with van der Waals surface area (Å²) in [6.45, 7) is 8.22. The van der Waals surface area contributed by atoms with Gasteiger partial charge in [-0.3, -0.25) is 4.79 Å². The molecule has 0 bridgehead atoms. The number of benzene rings is 1. The number of nitrogens with one attached hydrogen (secondary N) is 1. The number of hydrogen-bond donors (Lipinski definition) is 2. The van der Waals surface area contributed by atoms with Crippen LogP contribution in [0, 0.1) is 13.8 Å². The van der Waals surface area contributed by atoms with Crippen molar-refractivity contribution in [3.05, 3.63) is 64.6 Å². The number of primary amides is 1. The van der Waals surface area contributed by atoms with Crippen LogP contribution in [0.25, 0.3) is 5.65 Å². The first-order chi connectivity index (χ1) is 11.9. The standard InChI is InChI=1S/C20H24N4O/c1-5-15-8-6-7-9-17(15)13(3)22-18-10-16(19(21)25)11-24-14(4)12(2)23-20(18)24/h6-11,13,22H,5H2,1-4H3,(H2,21,25). The molecule has 0 aliphatic carbocycles. The summed E-state index contributed by atoms with van der Waals surface area (Å²) in [5.74, 6) is -0.447. The molecule has 1 atom stereocenters. The largest absolute Gasteiger partial charge is 0.375 e. The fourth-order valence-corrected chi connectivity index (χ4v) is 3.20. The molecule has 0 radical (unpaired) electrons. The van der Waals surface area contributed by atoms with Gasteiger partial charge in [-0.1, -0.05) is 31.2 Å². The van der Waals surface area contributed by atoms with Gasteiger partial charge in [0, 0.05) is 17.9 Å². The quantitative estimate of drug-likeness (QED) is 0.744. The Labute approximate surface area is 147 Å². The maximum absolute atomic E-state index is 11.7. The van der Waals surface area contributed by atoms with Crippen LogP contribution in [-0.2, 0) is 6.42 Å². The monoisotopic (exact) mass is 336 g/mol. The molecule has 3 N–H and O–H groups in total. The van der Waals surface area contributed by atoms with Crippen LogP contribution >= 0.6 is 0 Å². The lowest BCUT2D eigenvalue weighted by molar-refractivity contribution is 0.1000. The Morgan fingerprint density at radius 3 is 2.72 bits per heavy atom. The molecule has 0 aliphatic rings. The predicted molar refractivity (Wildman–Crippen MR) is 101 cm³/mol. The topological polar surface area (TPSA) is 72.4 Å². The summed E-state index contributed by atoms with van der Waals surface area (Å²) < 4.78 is 1.93. The lowest BCUT2D eigenvalue weighted by atomic mass is 9.99. The normalized spacial score (nSPS) is 12.3. The molecule has 2 aromatic heterocycles. The zero-order valence-corrected chi connectivity index (χ0v) is 15.1. The molecule has 0 saturated carbocycles. The second-order valence-electron chi connectivity index (χ2n) is 6.40. The van der Waals surface area contributed by atoms with Crippen molar-refractivity contribution in [2.24, 2.45) is 5.73 Å². The van der Waals surface area contributed by atoms with Crippen molar-refractivity contribution >= 4 is 17.2 Å². The van der Waals surface area contributed by atoms with Crippen molar-refractivity contribution in [2.45, 2.75) is 40.2 Å². The maximum atomic E-state index is 11.7. The Morgan fingerprint density at radius 1 is 1.32 bits per heavy atom. The molecule has 0 aliphatic heterocycles. The Bertz CT molecular complexity index is 942. The van der Waals surface area contributed by atoms with Gasteiger partial charge >= 0.3 is 0 Å². The van der Waals surface area contributed by atoms with E-state index in [0.717, 1.165) is 29.1 Å². The Hall–Kier alpha value is -2.82. The van der Waals surface area contributed by atoms with Gasteiger partial charge in [-0.15, -0.1) is 0 Å². The van der Waals surface area contributed by atoms with E-state index in [1.54, 1.807) is 12.3 Å². The number of carbonyl (C=O) groups is 1. The molecule has 3 aromatic rings. The van der Waals surface area contributed by atoms with Crippen LogP contribution in [0.4, 0.5) is 5.69 Å². The lowest BCUT2D eigenvalue weighted by Gasteiger charge is -2.19. The minimum atomic E-state index is -0.447. The van der Waals surface area contributed by atoms with E-state index in [1.165, 1.54) is 11.1 Å². The molecule has 5 nitrogen and oxygen atoms in total. The average Bonchev–Trinajstić information content (AvgIpc) is 2.89. The number of nitrogens with two attached hydrogens (primary N) is 1. The van der Waals surface area contributed by atoms with E-state index in [2.05, 4.69) is 42.3 Å². The van der Waals surface area contributed by atoms with Gasteiger partial charge in [0.2, 0.25) is 5.91 Å². The average molecular weight is 336 g/mol. The van der Waals surface area contributed by atoms with Crippen molar-refractivity contribution in [1.82, 2.24) is 9.38 Å². The van der Waals surface area contributed by atoms with E-state index in [4.69, 9.17) is 5.73 Å². The lowest BCUT2D eigenvalue weighted by Crippen LogP contribution is -2.15. The van der Waals surface area contributed by atoms with Crippen LogP contribution in [0.1, 0.15) is 52.8 Å². The highest BCUT2D eigenvalue weighted by molar-refractivity contribution is 5.94. The number of fused-ring (bicyclic) bond motifs is 1. The smallest absolute Gasteiger partial charge is 0.250 e. The van der Waals surface area contributed by atoms with Crippen molar-refractivity contribution in [2.75, 3.05) is 5.32 Å². The molecule has 3 rings (SSSR count). The molecule has 1 aromatic carbocycles. The van der Waals surface area contributed by atoms with Crippen molar-refractivity contribution in [3.8, 4) is 0 Å². The minimum absolute atomic E-state index is 0.0837. The van der Waals surface area contributed by atoms with Crippen LogP contribution in [0.3, 0.4) is 0 Å². The summed E-state index contributed by atoms with van der Waals surface area (Å²) in [4.78, 5) is 16.4. The number of carbonyl (C=O) groups excluding carboxylic acids is 1. The van der Waals surface area contributed by atoms with Gasteiger partial charge in [0.1, 0.15) is 0 Å². The highest BCUT2D eigenvalue weighted by Gasteiger charge is 2.16. The Balaban J connectivity index is 2.08. The number of hydrogen-bond acceptors (Lipinski definition) is 3. The molecule has 1 unspecified atom stereocenters. The second kappa shape index (κ2) is 6.59. The highest BCUT2D eigenvalue weighted by Crippen LogP contribution is 2.27. The van der Waals surface area contributed by atoms with Gasteiger partial charge in [0.25, 0.3) is 0 Å². The fourth-order valence-electron chi connectivity index (χ4n) is 3.20. The van der Waals surface area contributed by atoms with Gasteiger partial charge in [0.15, 0.2) is 5.65 Å². The van der Waals surface area contributed by atoms with Crippen LogP contribution in [0.5, 0.6) is 0 Å². The van der Waals surface area contributed by atoms with Crippen LogP contribution in [0.15, 0.2) is 36.5 Å². The summed E-state index contributed by atoms with van der Waals surface area (Å²) in [7, 11) is 0. The number of imidazole rings is 1. The summed E-state index contributed by atoms with van der Waals surface area (Å²) in [5, 5.41) is 3.52. The van der Waals surface area contributed by atoms with E-state index in [9.17, 15) is 4.79 Å². The number of nitrogens with zero attached hydrogens (tertiary/aromatic N) is 2. The van der Waals surface area contributed by atoms with Crippen molar-refractivity contribution in [1.29, 1.82) is 0 Å². The van der Waals surface area contributed by atoms with E-state index in [1.807, 2.05) is 24.3 Å². The molecule has 130 valence electrons. The van der Waals surface area contributed by atoms with E-state index < -0.39 is 5.91 Å². The fraction of sp³-hybridized carbons (Fsp3) is 0.300. The number of aryl methyl sites for hydroxylation is 3. The summed E-state index contributed by atoms with van der Waals surface area (Å²) in [6.07, 6.45) is 2.73. The van der Waals surface area contributed by atoms with E-state index >= 15 is 0 Å². The van der Waals surface area contributed by atoms with E-state index in [0.29, 0.717) is 5.56 Å². The van der Waals surface area contributed by atoms with E-state index in [-0.39, 0.29) is 6.04 Å². The Kier molecular flexibility index (Phi) is 4.49. The molecule has 0 saturated heterocycles. The second-order valence-corrected chi connectivity index (χ2v) is 6.40. The number of anilines is 1. The Morgan fingerprint density at radius 2 is 2.04 bits per heavy atom. The zero-order chi connectivity index (χ0) is 18.1. The predicted octanol–water partition coefficient (Wildman–Crippen LogP) is 3.79. The van der Waals surface area contributed by atoms with Crippen molar-refractivity contribution < 1.29 is 4.79 Å². The molecular weight excluding hydrogens is 312 g/mol. The third-order valence-electron chi connectivity index (χ3n) is 4.75. The molecular formula is C20H24N4O. The van der Waals surface area contributed by atoms with Gasteiger partial charge in [-0.25, -0.2) is 4.98 Å². The number of aromatic nitrogens is 2. The minimum Gasteiger partial charge on any atom is -0.375 e. The summed E-state index contributed by atoms with van der Waals surface area (Å²) >= 11 is 0. The molecule has 1 amide bonds. The summed E-state index contributed by atoms with van der Waals surface area (Å²) in [5.41, 5.74) is 12.1. The molecule has 5 heteroatoms. The molecule has 0 spiro atoms. The van der Waals surface area contributed by atoms with Crippen LogP contribution in [0.2, 0.25) is 0 Å². The highest BCUT2D eigenvalue weighted by atomic mass is 16.1. The first-order valence-electron chi connectivity index (χ1n) is 8.55. The summed E-state index contributed by atoms with van der Waals surface area (Å²) in [6, 6.07) is 10.3. The van der Waals surface area contributed by atoms with Gasteiger partial charge in [-0.2, -0.15) is 0 Å². The SMILES string of the molecule is CCc1ccccc1C(C)Nc1cc(C(N)=O)cn2c(C)c(C)nc12. The zero-order valence-electron chi connectivity index (χ0n) is 15.1. The third kappa shape index (κ3) is 3.09. The van der Waals surface area contributed by atoms with Crippen molar-refractivity contribution in [3.63, 3.8) is 0 Å². The first kappa shape index (κ1) is 17.0. The first-order valence-corrected chi connectivity index (χ1v) is 8.55. The number of amides is 1.